The van der Waals surface area contributed by atoms with Crippen LogP contribution in [0.25, 0.3) is 10.9 Å². The van der Waals surface area contributed by atoms with Crippen LogP contribution in [0, 0.1) is 12.8 Å². The van der Waals surface area contributed by atoms with E-state index in [1.807, 2.05) is 43.0 Å². The van der Waals surface area contributed by atoms with E-state index in [-0.39, 0.29) is 17.9 Å². The smallest absolute Gasteiger partial charge is 0.251 e. The third-order valence-electron chi connectivity index (χ3n) is 5.32. The number of hydrogen-bond acceptors (Lipinski definition) is 3. The van der Waals surface area contributed by atoms with Crippen LogP contribution in [0.15, 0.2) is 24.3 Å². The molecule has 2 heterocycles. The lowest BCUT2D eigenvalue weighted by atomic mass is 9.90. The third kappa shape index (κ3) is 3.90. The van der Waals surface area contributed by atoms with E-state index in [1.165, 1.54) is 0 Å². The highest BCUT2D eigenvalue weighted by Gasteiger charge is 2.28. The van der Waals surface area contributed by atoms with E-state index in [0.29, 0.717) is 24.6 Å². The molecular formula is C20H28N4O2. The topological polar surface area (TPSA) is 91.2 Å². The van der Waals surface area contributed by atoms with Gasteiger partial charge in [-0.2, -0.15) is 0 Å². The van der Waals surface area contributed by atoms with Gasteiger partial charge in [-0.1, -0.05) is 0 Å². The molecule has 0 radical (unpaired) electrons. The quantitative estimate of drug-likeness (QED) is 0.784. The molecule has 1 saturated heterocycles. The summed E-state index contributed by atoms with van der Waals surface area (Å²) in [7, 11) is 0. The van der Waals surface area contributed by atoms with Gasteiger partial charge in [0.2, 0.25) is 5.91 Å². The van der Waals surface area contributed by atoms with Crippen molar-refractivity contribution in [2.45, 2.75) is 45.7 Å². The van der Waals surface area contributed by atoms with Gasteiger partial charge in [0.05, 0.1) is 6.04 Å². The first-order chi connectivity index (χ1) is 12.3. The summed E-state index contributed by atoms with van der Waals surface area (Å²) in [6.07, 6.45) is 1.77. The number of nitrogens with zero attached hydrogens (tertiary/aromatic N) is 1. The molecule has 6 heteroatoms. The summed E-state index contributed by atoms with van der Waals surface area (Å²) in [5.74, 6) is 0.330. The summed E-state index contributed by atoms with van der Waals surface area (Å²) < 4.78 is 0. The minimum atomic E-state index is -0.448. The average Bonchev–Trinajstić information content (AvgIpc) is 3.00. The summed E-state index contributed by atoms with van der Waals surface area (Å²) in [4.78, 5) is 29.7. The number of aryl methyl sites for hydroxylation is 1. The van der Waals surface area contributed by atoms with Crippen molar-refractivity contribution in [3.63, 3.8) is 0 Å². The first kappa shape index (κ1) is 18.5. The molecule has 26 heavy (non-hydrogen) atoms. The summed E-state index contributed by atoms with van der Waals surface area (Å²) in [6.45, 7) is 7.19. The number of aromatic amines is 1. The van der Waals surface area contributed by atoms with E-state index < -0.39 is 6.04 Å². The number of likely N-dealkylation sites (tertiary alicyclic amines) is 1. The van der Waals surface area contributed by atoms with Crippen LogP contribution in [0.5, 0.6) is 0 Å². The lowest BCUT2D eigenvalue weighted by Crippen LogP contribution is -2.49. The van der Waals surface area contributed by atoms with E-state index in [9.17, 15) is 9.59 Å². The second-order valence-corrected chi connectivity index (χ2v) is 7.47. The number of carbonyl (C=O) groups excluding carboxylic acids is 2. The van der Waals surface area contributed by atoms with Crippen LogP contribution < -0.4 is 11.1 Å². The number of piperidine rings is 1. The van der Waals surface area contributed by atoms with E-state index >= 15 is 0 Å². The SMILES string of the molecule is Cc1cc2cc(C(=O)NC(C)C3CCN(C(=O)[C@H](C)N)CC3)ccc2[nH]1. The Labute approximate surface area is 154 Å². The number of carbonyl (C=O) groups is 2. The number of nitrogens with two attached hydrogens (primary N) is 1. The molecule has 0 saturated carbocycles. The fourth-order valence-electron chi connectivity index (χ4n) is 3.73. The van der Waals surface area contributed by atoms with E-state index in [0.717, 1.165) is 29.4 Å². The first-order valence-electron chi connectivity index (χ1n) is 9.29. The predicted molar refractivity (Wildman–Crippen MR) is 103 cm³/mol. The molecule has 1 aromatic heterocycles. The molecule has 4 N–H and O–H groups in total. The second-order valence-electron chi connectivity index (χ2n) is 7.47. The summed E-state index contributed by atoms with van der Waals surface area (Å²) in [6, 6.07) is 7.38. The highest BCUT2D eigenvalue weighted by molar-refractivity contribution is 5.98. The molecule has 1 aliphatic rings. The molecule has 2 amide bonds. The lowest BCUT2D eigenvalue weighted by molar-refractivity contribution is -0.133. The Morgan fingerprint density at radius 1 is 1.23 bits per heavy atom. The van der Waals surface area contributed by atoms with Crippen molar-refractivity contribution in [2.24, 2.45) is 11.7 Å². The maximum atomic E-state index is 12.6. The second kappa shape index (κ2) is 7.50. The Morgan fingerprint density at radius 2 is 1.92 bits per heavy atom. The van der Waals surface area contributed by atoms with Crippen molar-refractivity contribution >= 4 is 22.7 Å². The molecule has 6 nitrogen and oxygen atoms in total. The number of H-pyrrole nitrogens is 1. The number of rotatable bonds is 4. The van der Waals surface area contributed by atoms with Gasteiger partial charge in [0.15, 0.2) is 0 Å². The third-order valence-corrected chi connectivity index (χ3v) is 5.32. The molecular weight excluding hydrogens is 328 g/mol. The summed E-state index contributed by atoms with van der Waals surface area (Å²) >= 11 is 0. The first-order valence-corrected chi connectivity index (χ1v) is 9.29. The maximum absolute atomic E-state index is 12.6. The minimum Gasteiger partial charge on any atom is -0.359 e. The Kier molecular flexibility index (Phi) is 5.32. The highest BCUT2D eigenvalue weighted by atomic mass is 16.2. The average molecular weight is 356 g/mol. The van der Waals surface area contributed by atoms with Gasteiger partial charge < -0.3 is 20.9 Å². The zero-order chi connectivity index (χ0) is 18.8. The van der Waals surface area contributed by atoms with Crippen LogP contribution in [-0.2, 0) is 4.79 Å². The standard InChI is InChI=1S/C20H28N4O2/c1-12-10-17-11-16(4-5-18(17)22-12)19(25)23-14(3)15-6-8-24(9-7-15)20(26)13(2)21/h4-5,10-11,13-15,22H,6-9,21H2,1-3H3,(H,23,25)/t13-,14?/m0/s1. The summed E-state index contributed by atoms with van der Waals surface area (Å²) in [5.41, 5.74) is 8.48. The predicted octanol–water partition coefficient (Wildman–Crippen LogP) is 2.18. The van der Waals surface area contributed by atoms with Crippen molar-refractivity contribution in [2.75, 3.05) is 13.1 Å². The maximum Gasteiger partial charge on any atom is 0.251 e. The van der Waals surface area contributed by atoms with Crippen LogP contribution in [0.2, 0.25) is 0 Å². The van der Waals surface area contributed by atoms with E-state index in [4.69, 9.17) is 5.73 Å². The Bertz CT molecular complexity index is 803. The van der Waals surface area contributed by atoms with Gasteiger partial charge in [-0.3, -0.25) is 9.59 Å². The molecule has 0 spiro atoms. The van der Waals surface area contributed by atoms with Crippen molar-refractivity contribution in [3.8, 4) is 0 Å². The number of amides is 2. The molecule has 0 aliphatic carbocycles. The number of aromatic nitrogens is 1. The zero-order valence-corrected chi connectivity index (χ0v) is 15.7. The van der Waals surface area contributed by atoms with Crippen LogP contribution in [0.4, 0.5) is 0 Å². The van der Waals surface area contributed by atoms with Crippen LogP contribution in [-0.4, -0.2) is 46.9 Å². The fraction of sp³-hybridized carbons (Fsp3) is 0.500. The van der Waals surface area contributed by atoms with Crippen molar-refractivity contribution in [3.05, 3.63) is 35.5 Å². The molecule has 140 valence electrons. The minimum absolute atomic E-state index is 0.00948. The molecule has 1 aromatic carbocycles. The lowest BCUT2D eigenvalue weighted by Gasteiger charge is -2.35. The van der Waals surface area contributed by atoms with Gasteiger partial charge in [-0.05, 0) is 63.8 Å². The van der Waals surface area contributed by atoms with Gasteiger partial charge in [0.1, 0.15) is 0 Å². The Hall–Kier alpha value is -2.34. The molecule has 1 unspecified atom stereocenters. The van der Waals surface area contributed by atoms with Gasteiger partial charge in [-0.25, -0.2) is 0 Å². The van der Waals surface area contributed by atoms with Gasteiger partial charge in [0.25, 0.3) is 5.91 Å². The fourth-order valence-corrected chi connectivity index (χ4v) is 3.73. The normalized spacial score (nSPS) is 17.9. The molecule has 2 aromatic rings. The van der Waals surface area contributed by atoms with Crippen LogP contribution >= 0.6 is 0 Å². The van der Waals surface area contributed by atoms with Crippen LogP contribution in [0.3, 0.4) is 0 Å². The molecule has 1 aliphatic heterocycles. The molecule has 1 fully saturated rings. The Morgan fingerprint density at radius 3 is 2.58 bits per heavy atom. The van der Waals surface area contributed by atoms with Gasteiger partial charge >= 0.3 is 0 Å². The number of nitrogens with one attached hydrogen (secondary N) is 2. The van der Waals surface area contributed by atoms with Crippen LogP contribution in [0.1, 0.15) is 42.7 Å². The number of benzene rings is 1. The monoisotopic (exact) mass is 356 g/mol. The zero-order valence-electron chi connectivity index (χ0n) is 15.7. The van der Waals surface area contributed by atoms with E-state index in [2.05, 4.69) is 10.3 Å². The highest BCUT2D eigenvalue weighted by Crippen LogP contribution is 2.22. The van der Waals surface area contributed by atoms with Gasteiger partial charge in [0, 0.05) is 41.3 Å². The Balaban J connectivity index is 1.58. The van der Waals surface area contributed by atoms with Gasteiger partial charge in [-0.15, -0.1) is 0 Å². The molecule has 0 bridgehead atoms. The van der Waals surface area contributed by atoms with Crippen molar-refractivity contribution in [1.29, 1.82) is 0 Å². The largest absolute Gasteiger partial charge is 0.359 e. The summed E-state index contributed by atoms with van der Waals surface area (Å²) in [5, 5.41) is 4.17. The molecule has 3 rings (SSSR count). The van der Waals surface area contributed by atoms with Crippen molar-refractivity contribution in [1.82, 2.24) is 15.2 Å². The number of fused-ring (bicyclic) bond motifs is 1. The number of hydrogen-bond donors (Lipinski definition) is 3. The van der Waals surface area contributed by atoms with E-state index in [1.54, 1.807) is 6.92 Å². The van der Waals surface area contributed by atoms with Crippen molar-refractivity contribution < 1.29 is 9.59 Å². The molecule has 2 atom stereocenters.